The number of methoxy groups -OCH3 is 1. The minimum Gasteiger partial charge on any atom is -0.496 e. The van der Waals surface area contributed by atoms with Gasteiger partial charge < -0.3 is 14.6 Å². The number of benzene rings is 3. The number of aliphatic carboxylic acids is 1. The van der Waals surface area contributed by atoms with Crippen molar-refractivity contribution in [3.63, 3.8) is 0 Å². The molecule has 5 nitrogen and oxygen atoms in total. The first-order valence-corrected chi connectivity index (χ1v) is 8.97. The molecule has 3 aromatic rings. The van der Waals surface area contributed by atoms with Crippen LogP contribution < -0.4 is 9.47 Å². The molecule has 0 saturated carbocycles. The Morgan fingerprint density at radius 2 is 1.62 bits per heavy atom. The molecular weight excluding hydrogens is 368 g/mol. The van der Waals surface area contributed by atoms with Gasteiger partial charge in [-0.15, -0.1) is 0 Å². The van der Waals surface area contributed by atoms with Gasteiger partial charge in [-0.2, -0.15) is 0 Å². The second-order valence-corrected chi connectivity index (χ2v) is 6.25. The van der Waals surface area contributed by atoms with Crippen LogP contribution in [0.2, 0.25) is 0 Å². The molecule has 0 aliphatic heterocycles. The van der Waals surface area contributed by atoms with Crippen LogP contribution in [0, 0.1) is 0 Å². The maximum absolute atomic E-state index is 12.5. The van der Waals surface area contributed by atoms with Gasteiger partial charge in [0.2, 0.25) is 0 Å². The highest BCUT2D eigenvalue weighted by molar-refractivity contribution is 6.08. The second kappa shape index (κ2) is 9.37. The molecule has 0 atom stereocenters. The van der Waals surface area contributed by atoms with Gasteiger partial charge in [-0.1, -0.05) is 36.4 Å². The summed E-state index contributed by atoms with van der Waals surface area (Å²) in [6.07, 6.45) is 2.59. The maximum Gasteiger partial charge on any atom is 0.328 e. The van der Waals surface area contributed by atoms with E-state index in [1.54, 1.807) is 55.6 Å². The molecule has 29 heavy (non-hydrogen) atoms. The average molecular weight is 388 g/mol. The molecule has 0 spiro atoms. The van der Waals surface area contributed by atoms with Crippen molar-refractivity contribution in [2.45, 2.75) is 6.61 Å². The Morgan fingerprint density at radius 3 is 2.28 bits per heavy atom. The first kappa shape index (κ1) is 19.9. The van der Waals surface area contributed by atoms with E-state index < -0.39 is 5.97 Å². The van der Waals surface area contributed by atoms with E-state index in [-0.39, 0.29) is 12.4 Å². The molecule has 0 aliphatic rings. The Morgan fingerprint density at radius 1 is 0.931 bits per heavy atom. The highest BCUT2D eigenvalue weighted by atomic mass is 16.5. The van der Waals surface area contributed by atoms with E-state index in [1.807, 2.05) is 24.3 Å². The molecule has 0 saturated heterocycles. The molecule has 3 rings (SSSR count). The third-order valence-corrected chi connectivity index (χ3v) is 4.27. The van der Waals surface area contributed by atoms with Crippen LogP contribution in [-0.2, 0) is 11.4 Å². The largest absolute Gasteiger partial charge is 0.496 e. The molecule has 0 aromatic heterocycles. The van der Waals surface area contributed by atoms with Crippen molar-refractivity contribution in [3.8, 4) is 11.5 Å². The van der Waals surface area contributed by atoms with Crippen molar-refractivity contribution >= 4 is 17.8 Å². The average Bonchev–Trinajstić information content (AvgIpc) is 2.76. The molecule has 0 fully saturated rings. The van der Waals surface area contributed by atoms with Gasteiger partial charge in [-0.25, -0.2) is 4.79 Å². The number of hydrogen-bond donors (Lipinski definition) is 1. The van der Waals surface area contributed by atoms with Gasteiger partial charge in [0.25, 0.3) is 0 Å². The summed E-state index contributed by atoms with van der Waals surface area (Å²) in [7, 11) is 1.57. The molecule has 0 unspecified atom stereocenters. The zero-order chi connectivity index (χ0) is 20.6. The molecule has 3 aromatic carbocycles. The van der Waals surface area contributed by atoms with Gasteiger partial charge in [0.1, 0.15) is 18.1 Å². The minimum atomic E-state index is -1.01. The molecule has 0 aliphatic carbocycles. The molecule has 0 amide bonds. The van der Waals surface area contributed by atoms with E-state index in [9.17, 15) is 9.59 Å². The predicted octanol–water partition coefficient (Wildman–Crippen LogP) is 4.60. The molecular formula is C24H20O5. The summed E-state index contributed by atoms with van der Waals surface area (Å²) in [5.41, 5.74) is 2.74. The number of hydrogen-bond acceptors (Lipinski definition) is 4. The fourth-order valence-electron chi connectivity index (χ4n) is 2.80. The summed E-state index contributed by atoms with van der Waals surface area (Å²) in [5.74, 6) is 0.206. The zero-order valence-electron chi connectivity index (χ0n) is 15.9. The Hall–Kier alpha value is -3.86. The van der Waals surface area contributed by atoms with E-state index in [2.05, 4.69) is 0 Å². The maximum atomic E-state index is 12.5. The Balaban J connectivity index is 1.70. The van der Waals surface area contributed by atoms with Gasteiger partial charge in [0.15, 0.2) is 5.78 Å². The van der Waals surface area contributed by atoms with Gasteiger partial charge in [-0.3, -0.25) is 4.79 Å². The Kier molecular flexibility index (Phi) is 6.43. The minimum absolute atomic E-state index is 0.0447. The number of rotatable bonds is 8. The van der Waals surface area contributed by atoms with Gasteiger partial charge in [0.05, 0.1) is 7.11 Å². The summed E-state index contributed by atoms with van der Waals surface area (Å²) in [4.78, 5) is 23.2. The SMILES string of the molecule is COc1ccc(/C=C/C(=O)O)cc1COc1ccc(C(=O)c2ccccc2)cc1. The van der Waals surface area contributed by atoms with Crippen molar-refractivity contribution in [1.29, 1.82) is 0 Å². The summed E-state index contributed by atoms with van der Waals surface area (Å²) in [5, 5.41) is 8.77. The smallest absolute Gasteiger partial charge is 0.328 e. The van der Waals surface area contributed by atoms with Crippen LogP contribution in [0.25, 0.3) is 6.08 Å². The van der Waals surface area contributed by atoms with Crippen molar-refractivity contribution < 1.29 is 24.2 Å². The van der Waals surface area contributed by atoms with Gasteiger partial charge in [0, 0.05) is 22.8 Å². The Bertz CT molecular complexity index is 1020. The third kappa shape index (κ3) is 5.32. The van der Waals surface area contributed by atoms with Crippen LogP contribution in [0.4, 0.5) is 0 Å². The van der Waals surface area contributed by atoms with Crippen LogP contribution in [0.1, 0.15) is 27.0 Å². The molecule has 0 radical (unpaired) electrons. The van der Waals surface area contributed by atoms with Crippen molar-refractivity contribution in [2.24, 2.45) is 0 Å². The monoisotopic (exact) mass is 388 g/mol. The van der Waals surface area contributed by atoms with Crippen LogP contribution in [-0.4, -0.2) is 24.0 Å². The lowest BCUT2D eigenvalue weighted by Crippen LogP contribution is -2.02. The topological polar surface area (TPSA) is 72.8 Å². The summed E-state index contributed by atoms with van der Waals surface area (Å²) in [6.45, 7) is 0.240. The standard InChI is InChI=1S/C24H20O5/c1-28-22-13-7-17(8-14-23(25)26)15-20(22)16-29-21-11-9-19(10-12-21)24(27)18-5-3-2-4-6-18/h2-15H,16H2,1H3,(H,25,26)/b14-8+. The van der Waals surface area contributed by atoms with Crippen molar-refractivity contribution in [3.05, 3.63) is 101 Å². The lowest BCUT2D eigenvalue weighted by molar-refractivity contribution is -0.131. The number of ether oxygens (including phenoxy) is 2. The van der Waals surface area contributed by atoms with Gasteiger partial charge in [-0.05, 0) is 48.0 Å². The van der Waals surface area contributed by atoms with E-state index >= 15 is 0 Å². The van der Waals surface area contributed by atoms with E-state index in [0.717, 1.165) is 17.2 Å². The predicted molar refractivity (Wildman–Crippen MR) is 110 cm³/mol. The number of carboxylic acids is 1. The molecule has 0 bridgehead atoms. The van der Waals surface area contributed by atoms with Crippen LogP contribution in [0.15, 0.2) is 78.9 Å². The normalized spacial score (nSPS) is 10.7. The number of carbonyl (C=O) groups excluding carboxylic acids is 1. The Labute approximate surface area is 168 Å². The molecule has 0 heterocycles. The fraction of sp³-hybridized carbons (Fsp3) is 0.0833. The van der Waals surface area contributed by atoms with E-state index in [0.29, 0.717) is 22.6 Å². The highest BCUT2D eigenvalue weighted by Gasteiger charge is 2.09. The lowest BCUT2D eigenvalue weighted by atomic mass is 10.0. The lowest BCUT2D eigenvalue weighted by Gasteiger charge is -2.11. The highest BCUT2D eigenvalue weighted by Crippen LogP contribution is 2.23. The van der Waals surface area contributed by atoms with Crippen LogP contribution >= 0.6 is 0 Å². The summed E-state index contributed by atoms with van der Waals surface area (Å²) >= 11 is 0. The summed E-state index contributed by atoms with van der Waals surface area (Å²) < 4.78 is 11.2. The van der Waals surface area contributed by atoms with Crippen molar-refractivity contribution in [1.82, 2.24) is 0 Å². The summed E-state index contributed by atoms with van der Waals surface area (Å²) in [6, 6.07) is 21.4. The van der Waals surface area contributed by atoms with Gasteiger partial charge >= 0.3 is 5.97 Å². The van der Waals surface area contributed by atoms with E-state index in [4.69, 9.17) is 14.6 Å². The van der Waals surface area contributed by atoms with Crippen molar-refractivity contribution in [2.75, 3.05) is 7.11 Å². The van der Waals surface area contributed by atoms with Crippen LogP contribution in [0.5, 0.6) is 11.5 Å². The third-order valence-electron chi connectivity index (χ3n) is 4.27. The molecule has 1 N–H and O–H groups in total. The first-order chi connectivity index (χ1) is 14.1. The van der Waals surface area contributed by atoms with E-state index in [1.165, 1.54) is 6.08 Å². The van der Waals surface area contributed by atoms with Crippen LogP contribution in [0.3, 0.4) is 0 Å². The quantitative estimate of drug-likeness (QED) is 0.451. The fourth-order valence-corrected chi connectivity index (χ4v) is 2.80. The first-order valence-electron chi connectivity index (χ1n) is 8.97. The molecule has 146 valence electrons. The second-order valence-electron chi connectivity index (χ2n) is 6.25. The number of ketones is 1. The molecule has 5 heteroatoms. The number of carboxylic acid groups (broad SMARTS) is 1. The zero-order valence-corrected chi connectivity index (χ0v) is 15.9. The number of carbonyl (C=O) groups is 2.